The number of ether oxygens (including phenoxy) is 1. The lowest BCUT2D eigenvalue weighted by Crippen LogP contribution is -2.59. The van der Waals surface area contributed by atoms with Crippen molar-refractivity contribution in [3.05, 3.63) is 53.6 Å². The summed E-state index contributed by atoms with van der Waals surface area (Å²) in [6.07, 6.45) is 0. The molecule has 2 aromatic carbocycles. The molecule has 3 rings (SSSR count). The second-order valence-electron chi connectivity index (χ2n) is 7.48. The van der Waals surface area contributed by atoms with E-state index in [9.17, 15) is 14.4 Å². The Morgan fingerprint density at radius 1 is 1.14 bits per heavy atom. The van der Waals surface area contributed by atoms with Crippen LogP contribution in [0.5, 0.6) is 0 Å². The van der Waals surface area contributed by atoms with Gasteiger partial charge >= 0.3 is 5.97 Å². The molecule has 1 aliphatic heterocycles. The average Bonchev–Trinajstić information content (AvgIpc) is 2.66. The quantitative estimate of drug-likeness (QED) is 0.599. The first-order valence-corrected chi connectivity index (χ1v) is 10.3. The summed E-state index contributed by atoms with van der Waals surface area (Å²) in [5, 5.41) is 2.80. The monoisotopic (exact) mass is 412 g/mol. The fraction of sp³-hybridized carbons (Fsp3) is 0.318. The Hall–Kier alpha value is -2.80. The van der Waals surface area contributed by atoms with Crippen molar-refractivity contribution in [1.82, 2.24) is 0 Å². The van der Waals surface area contributed by atoms with Crippen molar-refractivity contribution in [3.8, 4) is 0 Å². The Bertz CT molecular complexity index is 971. The van der Waals surface area contributed by atoms with E-state index in [1.165, 1.54) is 16.7 Å². The summed E-state index contributed by atoms with van der Waals surface area (Å²) in [6.45, 7) is 6.91. The Morgan fingerprint density at radius 3 is 2.59 bits per heavy atom. The smallest absolute Gasteiger partial charge is 0.316 e. The summed E-state index contributed by atoms with van der Waals surface area (Å²) in [6, 6.07) is 13.1. The van der Waals surface area contributed by atoms with Crippen molar-refractivity contribution in [1.29, 1.82) is 0 Å². The van der Waals surface area contributed by atoms with Crippen LogP contribution in [0.4, 0.5) is 11.4 Å². The molecule has 0 atom stereocenters. The second kappa shape index (κ2) is 8.29. The predicted molar refractivity (Wildman–Crippen MR) is 114 cm³/mol. The number of esters is 1. The molecule has 6 nitrogen and oxygen atoms in total. The summed E-state index contributed by atoms with van der Waals surface area (Å²) < 4.78 is 5.20. The molecule has 2 aromatic rings. The van der Waals surface area contributed by atoms with E-state index in [1.54, 1.807) is 38.1 Å². The molecule has 0 saturated heterocycles. The predicted octanol–water partition coefficient (Wildman–Crippen LogP) is 3.70. The standard InChI is InChI=1S/C22H24N2O4S/c1-14-9-10-18(15(2)11-14)29-13-20(26)28-12-19(25)24-17-8-6-5-7-16(17)23-21(27)22(24,3)4/h5-11H,12-13H2,1-4H3,(H,23,27). The van der Waals surface area contributed by atoms with E-state index in [0.717, 1.165) is 16.0 Å². The lowest BCUT2D eigenvalue weighted by atomic mass is 9.96. The van der Waals surface area contributed by atoms with Crippen LogP contribution in [0.15, 0.2) is 47.4 Å². The Balaban J connectivity index is 1.64. The van der Waals surface area contributed by atoms with Crippen molar-refractivity contribution in [2.75, 3.05) is 22.6 Å². The molecule has 0 radical (unpaired) electrons. The zero-order chi connectivity index (χ0) is 21.2. The molecule has 2 amide bonds. The third-order valence-corrected chi connectivity index (χ3v) is 5.94. The maximum atomic E-state index is 12.9. The number of benzene rings is 2. The van der Waals surface area contributed by atoms with E-state index in [1.807, 2.05) is 26.0 Å². The third kappa shape index (κ3) is 4.45. The largest absolute Gasteiger partial charge is 0.455 e. The lowest BCUT2D eigenvalue weighted by Gasteiger charge is -2.41. The second-order valence-corrected chi connectivity index (χ2v) is 8.49. The molecular formula is C22H24N2O4S. The van der Waals surface area contributed by atoms with Crippen molar-refractivity contribution in [3.63, 3.8) is 0 Å². The maximum Gasteiger partial charge on any atom is 0.316 e. The third-order valence-electron chi connectivity index (χ3n) is 4.79. The number of hydrogen-bond acceptors (Lipinski definition) is 5. The van der Waals surface area contributed by atoms with Crippen molar-refractivity contribution >= 4 is 40.9 Å². The number of para-hydroxylation sites is 2. The van der Waals surface area contributed by atoms with Gasteiger partial charge < -0.3 is 10.1 Å². The van der Waals surface area contributed by atoms with Crippen LogP contribution in [0.3, 0.4) is 0 Å². The molecule has 0 spiro atoms. The number of nitrogens with one attached hydrogen (secondary N) is 1. The van der Waals surface area contributed by atoms with Crippen LogP contribution in [0.2, 0.25) is 0 Å². The fourth-order valence-corrected chi connectivity index (χ4v) is 4.05. The molecule has 1 aliphatic rings. The number of aryl methyl sites for hydroxylation is 2. The first-order chi connectivity index (χ1) is 13.7. The highest BCUT2D eigenvalue weighted by Gasteiger charge is 2.43. The summed E-state index contributed by atoms with van der Waals surface area (Å²) in [5.41, 5.74) is 2.31. The first kappa shape index (κ1) is 20.9. The molecule has 0 aliphatic carbocycles. The number of anilines is 2. The number of fused-ring (bicyclic) bond motifs is 1. The average molecular weight is 413 g/mol. The van der Waals surface area contributed by atoms with Crippen molar-refractivity contribution in [2.24, 2.45) is 0 Å². The van der Waals surface area contributed by atoms with Gasteiger partial charge in [-0.2, -0.15) is 0 Å². The number of hydrogen-bond donors (Lipinski definition) is 1. The van der Waals surface area contributed by atoms with Crippen LogP contribution in [0.1, 0.15) is 25.0 Å². The normalized spacial score (nSPS) is 14.8. The highest BCUT2D eigenvalue weighted by Crippen LogP contribution is 2.36. The van der Waals surface area contributed by atoms with Gasteiger partial charge in [-0.3, -0.25) is 19.3 Å². The van der Waals surface area contributed by atoms with Crippen LogP contribution in [0, 0.1) is 13.8 Å². The summed E-state index contributed by atoms with van der Waals surface area (Å²) in [4.78, 5) is 39.8. The van der Waals surface area contributed by atoms with Gasteiger partial charge in [0.2, 0.25) is 5.91 Å². The zero-order valence-electron chi connectivity index (χ0n) is 16.9. The van der Waals surface area contributed by atoms with Crippen LogP contribution in [-0.2, 0) is 19.1 Å². The lowest BCUT2D eigenvalue weighted by molar-refractivity contribution is -0.145. The number of nitrogens with zero attached hydrogens (tertiary/aromatic N) is 1. The molecule has 1 heterocycles. The maximum absolute atomic E-state index is 12.9. The molecule has 29 heavy (non-hydrogen) atoms. The summed E-state index contributed by atoms with van der Waals surface area (Å²) >= 11 is 1.38. The number of amides is 2. The van der Waals surface area contributed by atoms with Gasteiger partial charge in [0.25, 0.3) is 5.91 Å². The van der Waals surface area contributed by atoms with Gasteiger partial charge in [0.05, 0.1) is 17.1 Å². The number of thioether (sulfide) groups is 1. The van der Waals surface area contributed by atoms with Crippen molar-refractivity contribution in [2.45, 2.75) is 38.1 Å². The van der Waals surface area contributed by atoms with Gasteiger partial charge in [0.15, 0.2) is 6.61 Å². The molecule has 152 valence electrons. The highest BCUT2D eigenvalue weighted by atomic mass is 32.2. The van der Waals surface area contributed by atoms with Gasteiger partial charge in [-0.25, -0.2) is 0 Å². The number of carbonyl (C=O) groups is 3. The molecular weight excluding hydrogens is 388 g/mol. The molecule has 0 unspecified atom stereocenters. The van der Waals surface area contributed by atoms with Gasteiger partial charge in [0.1, 0.15) is 5.54 Å². The molecule has 0 saturated carbocycles. The van der Waals surface area contributed by atoms with E-state index >= 15 is 0 Å². The molecule has 0 fully saturated rings. The van der Waals surface area contributed by atoms with Gasteiger partial charge in [-0.15, -0.1) is 11.8 Å². The van der Waals surface area contributed by atoms with E-state index in [4.69, 9.17) is 4.74 Å². The van der Waals surface area contributed by atoms with E-state index in [2.05, 4.69) is 11.4 Å². The molecule has 0 bridgehead atoms. The van der Waals surface area contributed by atoms with E-state index < -0.39 is 24.0 Å². The SMILES string of the molecule is Cc1ccc(SCC(=O)OCC(=O)N2c3ccccc3NC(=O)C2(C)C)c(C)c1. The first-order valence-electron chi connectivity index (χ1n) is 9.29. The summed E-state index contributed by atoms with van der Waals surface area (Å²) in [5.74, 6) is -1.10. The van der Waals surface area contributed by atoms with Gasteiger partial charge in [0, 0.05) is 4.90 Å². The number of rotatable bonds is 5. The minimum atomic E-state index is -1.09. The minimum Gasteiger partial charge on any atom is -0.455 e. The minimum absolute atomic E-state index is 0.109. The summed E-state index contributed by atoms with van der Waals surface area (Å²) in [7, 11) is 0. The van der Waals surface area contributed by atoms with Gasteiger partial charge in [-0.05, 0) is 51.5 Å². The fourth-order valence-electron chi connectivity index (χ4n) is 3.24. The molecule has 7 heteroatoms. The Kier molecular flexibility index (Phi) is 5.98. The van der Waals surface area contributed by atoms with Crippen LogP contribution >= 0.6 is 11.8 Å². The molecule has 0 aromatic heterocycles. The van der Waals surface area contributed by atoms with E-state index in [0.29, 0.717) is 11.4 Å². The topological polar surface area (TPSA) is 75.7 Å². The Morgan fingerprint density at radius 2 is 1.86 bits per heavy atom. The number of carbonyl (C=O) groups excluding carboxylic acids is 3. The van der Waals surface area contributed by atoms with Crippen molar-refractivity contribution < 1.29 is 19.1 Å². The van der Waals surface area contributed by atoms with Crippen LogP contribution < -0.4 is 10.2 Å². The Labute approximate surface area is 174 Å². The zero-order valence-corrected chi connectivity index (χ0v) is 17.8. The van der Waals surface area contributed by atoms with E-state index in [-0.39, 0.29) is 11.7 Å². The molecule has 1 N–H and O–H groups in total. The van der Waals surface area contributed by atoms with Gasteiger partial charge in [-0.1, -0.05) is 29.8 Å². The van der Waals surface area contributed by atoms with Crippen LogP contribution in [0.25, 0.3) is 0 Å². The highest BCUT2D eigenvalue weighted by molar-refractivity contribution is 8.00. The van der Waals surface area contributed by atoms with Crippen LogP contribution in [-0.4, -0.2) is 35.7 Å².